The molecular formula is C23H33N3O4. The first kappa shape index (κ1) is 21.1. The molecule has 2 saturated carbocycles. The van der Waals surface area contributed by atoms with E-state index < -0.39 is 0 Å². The van der Waals surface area contributed by atoms with Crippen molar-refractivity contribution in [3.05, 3.63) is 24.5 Å². The highest BCUT2D eigenvalue weighted by molar-refractivity contribution is 5.83. The summed E-state index contributed by atoms with van der Waals surface area (Å²) in [5.41, 5.74) is 0. The van der Waals surface area contributed by atoms with Gasteiger partial charge < -0.3 is 20.1 Å². The van der Waals surface area contributed by atoms with Gasteiger partial charge in [-0.05, 0) is 56.6 Å². The molecule has 0 aromatic carbocycles. The highest BCUT2D eigenvalue weighted by Gasteiger charge is 2.41. The zero-order chi connectivity index (χ0) is 20.8. The molecule has 0 bridgehead atoms. The molecule has 1 aromatic rings. The van der Waals surface area contributed by atoms with Crippen LogP contribution in [-0.2, 0) is 14.3 Å². The van der Waals surface area contributed by atoms with Gasteiger partial charge >= 0.3 is 0 Å². The Morgan fingerprint density at radius 2 is 1.87 bits per heavy atom. The standard InChI is InChI=1S/C23H33N3O4/c27-22(17-7-10-29-11-8-17)26-21-13-16(15-30-19-6-3-9-24-14-19)12-20(21)23(28)25-18-4-1-2-5-18/h3,6,9,14,16-18,20-21H,1-2,4-5,7-8,10-13,15H2,(H,25,28)(H,26,27)/t16-,20-,21-/m1/s1. The molecule has 0 radical (unpaired) electrons. The fourth-order valence-electron chi connectivity index (χ4n) is 5.01. The minimum Gasteiger partial charge on any atom is -0.492 e. The van der Waals surface area contributed by atoms with Crippen LogP contribution in [0, 0.1) is 17.8 Å². The zero-order valence-corrected chi connectivity index (χ0v) is 17.6. The summed E-state index contributed by atoms with van der Waals surface area (Å²) in [6.07, 6.45) is 10.9. The van der Waals surface area contributed by atoms with E-state index >= 15 is 0 Å². The summed E-state index contributed by atoms with van der Waals surface area (Å²) in [6.45, 7) is 1.80. The lowest BCUT2D eigenvalue weighted by Crippen LogP contribution is -2.48. The number of nitrogens with one attached hydrogen (secondary N) is 2. The van der Waals surface area contributed by atoms with Crippen LogP contribution in [0.5, 0.6) is 5.75 Å². The van der Waals surface area contributed by atoms with Gasteiger partial charge in [-0.15, -0.1) is 0 Å². The van der Waals surface area contributed by atoms with E-state index in [1.807, 2.05) is 12.1 Å². The van der Waals surface area contributed by atoms with Crippen molar-refractivity contribution in [2.45, 2.75) is 63.5 Å². The molecule has 3 aliphatic rings. The normalized spacial score (nSPS) is 27.7. The van der Waals surface area contributed by atoms with Crippen LogP contribution < -0.4 is 15.4 Å². The lowest BCUT2D eigenvalue weighted by molar-refractivity contribution is -0.130. The molecule has 7 nitrogen and oxygen atoms in total. The highest BCUT2D eigenvalue weighted by Crippen LogP contribution is 2.33. The van der Waals surface area contributed by atoms with Crippen molar-refractivity contribution in [1.82, 2.24) is 15.6 Å². The van der Waals surface area contributed by atoms with E-state index in [0.717, 1.165) is 44.3 Å². The first-order valence-electron chi connectivity index (χ1n) is 11.4. The molecule has 3 fully saturated rings. The number of rotatable bonds is 7. The highest BCUT2D eigenvalue weighted by atomic mass is 16.5. The van der Waals surface area contributed by atoms with Gasteiger partial charge in [-0.1, -0.05) is 12.8 Å². The largest absolute Gasteiger partial charge is 0.492 e. The molecule has 4 rings (SSSR count). The van der Waals surface area contributed by atoms with Gasteiger partial charge in [0.1, 0.15) is 5.75 Å². The fourth-order valence-corrected chi connectivity index (χ4v) is 5.01. The van der Waals surface area contributed by atoms with Crippen molar-refractivity contribution < 1.29 is 19.1 Å². The van der Waals surface area contributed by atoms with Crippen LogP contribution in [0.25, 0.3) is 0 Å². The van der Waals surface area contributed by atoms with Crippen molar-refractivity contribution >= 4 is 11.8 Å². The van der Waals surface area contributed by atoms with Crippen LogP contribution in [0.1, 0.15) is 51.4 Å². The number of carbonyl (C=O) groups excluding carboxylic acids is 2. The van der Waals surface area contributed by atoms with E-state index in [1.165, 1.54) is 12.8 Å². The monoisotopic (exact) mass is 415 g/mol. The SMILES string of the molecule is O=C(N[C@@H]1C[C@H](COc2cccnc2)C[C@H]1C(=O)NC1CCCC1)C1CCOCC1. The van der Waals surface area contributed by atoms with Gasteiger partial charge in [-0.25, -0.2) is 0 Å². The van der Waals surface area contributed by atoms with Gasteiger partial charge in [-0.3, -0.25) is 14.6 Å². The molecule has 2 amide bonds. The molecule has 2 aliphatic carbocycles. The quantitative estimate of drug-likeness (QED) is 0.714. The molecule has 1 aromatic heterocycles. The van der Waals surface area contributed by atoms with Crippen molar-refractivity contribution in [1.29, 1.82) is 0 Å². The Kier molecular flexibility index (Phi) is 7.20. The molecule has 1 aliphatic heterocycles. The third-order valence-corrected chi connectivity index (χ3v) is 6.74. The predicted octanol–water partition coefficient (Wildman–Crippen LogP) is 2.46. The van der Waals surface area contributed by atoms with Gasteiger partial charge in [0, 0.05) is 37.4 Å². The van der Waals surface area contributed by atoms with Crippen LogP contribution in [-0.4, -0.2) is 48.7 Å². The average Bonchev–Trinajstić information content (AvgIpc) is 3.43. The summed E-state index contributed by atoms with van der Waals surface area (Å²) in [4.78, 5) is 30.0. The number of ether oxygens (including phenoxy) is 2. The van der Waals surface area contributed by atoms with Crippen LogP contribution in [0.15, 0.2) is 24.5 Å². The maximum Gasteiger partial charge on any atom is 0.225 e. The van der Waals surface area contributed by atoms with E-state index in [9.17, 15) is 9.59 Å². The van der Waals surface area contributed by atoms with Gasteiger partial charge in [0.15, 0.2) is 0 Å². The summed E-state index contributed by atoms with van der Waals surface area (Å²) >= 11 is 0. The van der Waals surface area contributed by atoms with E-state index in [4.69, 9.17) is 9.47 Å². The number of nitrogens with zero attached hydrogens (tertiary/aromatic N) is 1. The Labute approximate surface area is 178 Å². The lowest BCUT2D eigenvalue weighted by atomic mass is 9.97. The Morgan fingerprint density at radius 1 is 1.07 bits per heavy atom. The Bertz CT molecular complexity index is 702. The third-order valence-electron chi connectivity index (χ3n) is 6.74. The first-order chi connectivity index (χ1) is 14.7. The minimum atomic E-state index is -0.197. The maximum absolute atomic E-state index is 13.1. The second-order valence-corrected chi connectivity index (χ2v) is 8.94. The number of hydrogen-bond acceptors (Lipinski definition) is 5. The van der Waals surface area contributed by atoms with Crippen molar-refractivity contribution in [2.24, 2.45) is 17.8 Å². The van der Waals surface area contributed by atoms with Gasteiger partial charge in [-0.2, -0.15) is 0 Å². The summed E-state index contributed by atoms with van der Waals surface area (Å²) in [5.74, 6) is 0.905. The third kappa shape index (κ3) is 5.50. The first-order valence-corrected chi connectivity index (χ1v) is 11.4. The Morgan fingerprint density at radius 3 is 2.60 bits per heavy atom. The fraction of sp³-hybridized carbons (Fsp3) is 0.696. The molecule has 2 heterocycles. The minimum absolute atomic E-state index is 0.0111. The molecule has 7 heteroatoms. The van der Waals surface area contributed by atoms with E-state index in [-0.39, 0.29) is 41.7 Å². The second-order valence-electron chi connectivity index (χ2n) is 8.94. The summed E-state index contributed by atoms with van der Waals surface area (Å²) in [5, 5.41) is 6.45. The zero-order valence-electron chi connectivity index (χ0n) is 17.6. The number of pyridine rings is 1. The average molecular weight is 416 g/mol. The van der Waals surface area contributed by atoms with Crippen molar-refractivity contribution in [3.8, 4) is 5.75 Å². The molecule has 0 spiro atoms. The molecule has 164 valence electrons. The van der Waals surface area contributed by atoms with Crippen molar-refractivity contribution in [2.75, 3.05) is 19.8 Å². The summed E-state index contributed by atoms with van der Waals surface area (Å²) in [7, 11) is 0. The molecule has 2 N–H and O–H groups in total. The molecule has 3 atom stereocenters. The van der Waals surface area contributed by atoms with Crippen LogP contribution >= 0.6 is 0 Å². The van der Waals surface area contributed by atoms with E-state index in [0.29, 0.717) is 19.8 Å². The maximum atomic E-state index is 13.1. The number of amides is 2. The summed E-state index contributed by atoms with van der Waals surface area (Å²) < 4.78 is 11.3. The molecule has 30 heavy (non-hydrogen) atoms. The smallest absolute Gasteiger partial charge is 0.225 e. The number of carbonyl (C=O) groups is 2. The number of hydrogen-bond donors (Lipinski definition) is 2. The van der Waals surface area contributed by atoms with E-state index in [1.54, 1.807) is 12.4 Å². The van der Waals surface area contributed by atoms with E-state index in [2.05, 4.69) is 15.6 Å². The van der Waals surface area contributed by atoms with Crippen molar-refractivity contribution in [3.63, 3.8) is 0 Å². The van der Waals surface area contributed by atoms with Gasteiger partial charge in [0.2, 0.25) is 11.8 Å². The van der Waals surface area contributed by atoms with Crippen LogP contribution in [0.4, 0.5) is 0 Å². The Balaban J connectivity index is 1.37. The number of aromatic nitrogens is 1. The summed E-state index contributed by atoms with van der Waals surface area (Å²) in [6, 6.07) is 3.88. The van der Waals surface area contributed by atoms with Crippen LogP contribution in [0.3, 0.4) is 0 Å². The molecular weight excluding hydrogens is 382 g/mol. The van der Waals surface area contributed by atoms with Gasteiger partial charge in [0.05, 0.1) is 18.7 Å². The van der Waals surface area contributed by atoms with Crippen LogP contribution in [0.2, 0.25) is 0 Å². The topological polar surface area (TPSA) is 89.5 Å². The molecule has 0 unspecified atom stereocenters. The second kappa shape index (κ2) is 10.2. The van der Waals surface area contributed by atoms with Gasteiger partial charge in [0.25, 0.3) is 0 Å². The lowest BCUT2D eigenvalue weighted by Gasteiger charge is -2.26. The molecule has 1 saturated heterocycles. The Hall–Kier alpha value is -2.15. The predicted molar refractivity (Wildman–Crippen MR) is 112 cm³/mol.